The van der Waals surface area contributed by atoms with Crippen molar-refractivity contribution in [1.82, 2.24) is 19.8 Å². The van der Waals surface area contributed by atoms with E-state index in [0.29, 0.717) is 22.9 Å². The van der Waals surface area contributed by atoms with Crippen LogP contribution in [0.1, 0.15) is 11.1 Å². The predicted octanol–water partition coefficient (Wildman–Crippen LogP) is 4.26. The lowest BCUT2D eigenvalue weighted by atomic mass is 10.1. The summed E-state index contributed by atoms with van der Waals surface area (Å²) in [4.78, 5) is 13.8. The highest BCUT2D eigenvalue weighted by Crippen LogP contribution is 2.33. The lowest BCUT2D eigenvalue weighted by Gasteiger charge is -2.28. The molecular weight excluding hydrogens is 428 g/mol. The van der Waals surface area contributed by atoms with Gasteiger partial charge in [-0.3, -0.25) is 4.90 Å². The van der Waals surface area contributed by atoms with E-state index in [1.807, 2.05) is 0 Å². The van der Waals surface area contributed by atoms with Crippen molar-refractivity contribution < 1.29 is 23.0 Å². The van der Waals surface area contributed by atoms with E-state index in [2.05, 4.69) is 19.6 Å². The van der Waals surface area contributed by atoms with Gasteiger partial charge in [0.1, 0.15) is 17.3 Å². The molecule has 0 radical (unpaired) electrons. The number of hydrogen-bond acceptors (Lipinski definition) is 8. The van der Waals surface area contributed by atoms with Gasteiger partial charge in [-0.1, -0.05) is 0 Å². The summed E-state index contributed by atoms with van der Waals surface area (Å²) in [5, 5.41) is 7.57. The number of carbonyl (C=O) groups excluding carboxylic acids is 1. The normalized spacial score (nSPS) is 12.9. The highest BCUT2D eigenvalue weighted by molar-refractivity contribution is 7.98. The highest BCUT2D eigenvalue weighted by Gasteiger charge is 2.27. The summed E-state index contributed by atoms with van der Waals surface area (Å²) in [5.74, 6) is -0.208. The predicted molar refractivity (Wildman–Crippen MR) is 110 cm³/mol. The van der Waals surface area contributed by atoms with Crippen molar-refractivity contribution in [3.05, 3.63) is 71.4 Å². The fourth-order valence-corrected chi connectivity index (χ4v) is 3.34. The third-order valence-corrected chi connectivity index (χ3v) is 4.89. The van der Waals surface area contributed by atoms with E-state index in [-0.39, 0.29) is 24.3 Å². The molecule has 31 heavy (non-hydrogen) atoms. The largest absolute Gasteiger partial charge is 0.437 e. The van der Waals surface area contributed by atoms with Gasteiger partial charge < -0.3 is 14.2 Å². The number of carbonyl (C=O) groups is 1. The smallest absolute Gasteiger partial charge is 0.415 e. The van der Waals surface area contributed by atoms with Crippen LogP contribution in [0.5, 0.6) is 17.4 Å². The first kappa shape index (κ1) is 20.8. The average molecular weight is 445 g/mol. The number of fused-ring (bicyclic) bond motifs is 1. The molecule has 160 valence electrons. The van der Waals surface area contributed by atoms with Crippen LogP contribution in [0.3, 0.4) is 0 Å². The number of anilines is 1. The summed E-state index contributed by atoms with van der Waals surface area (Å²) < 4.78 is 45.1. The van der Waals surface area contributed by atoms with Crippen molar-refractivity contribution in [2.24, 2.45) is 0 Å². The first-order chi connectivity index (χ1) is 15.0. The molecule has 3 aromatic rings. The quantitative estimate of drug-likeness (QED) is 0.522. The van der Waals surface area contributed by atoms with Crippen LogP contribution in [0.25, 0.3) is 0 Å². The second kappa shape index (κ2) is 9.14. The van der Waals surface area contributed by atoms with Gasteiger partial charge in [0, 0.05) is 47.7 Å². The van der Waals surface area contributed by atoms with E-state index < -0.39 is 17.7 Å². The van der Waals surface area contributed by atoms with Crippen LogP contribution < -0.4 is 18.9 Å². The lowest BCUT2D eigenvalue weighted by Crippen LogP contribution is -2.36. The Bertz CT molecular complexity index is 1100. The van der Waals surface area contributed by atoms with Gasteiger partial charge in [0.15, 0.2) is 5.82 Å². The molecule has 0 saturated carbocycles. The summed E-state index contributed by atoms with van der Waals surface area (Å²) in [5.41, 5.74) is 0.708. The highest BCUT2D eigenvalue weighted by atomic mass is 32.2. The molecule has 0 saturated heterocycles. The van der Waals surface area contributed by atoms with Crippen molar-refractivity contribution in [1.29, 1.82) is 0 Å². The zero-order valence-corrected chi connectivity index (χ0v) is 17.1. The Morgan fingerprint density at radius 3 is 2.90 bits per heavy atom. The molecule has 0 spiro atoms. The lowest BCUT2D eigenvalue weighted by molar-refractivity contribution is 0.134. The Morgan fingerprint density at radius 2 is 2.13 bits per heavy atom. The van der Waals surface area contributed by atoms with Crippen molar-refractivity contribution in [2.75, 3.05) is 11.8 Å². The SMILES string of the molecule is CNSNc1cc(F)cc(CN2Cc3ccc(Oc4cccnn4)cc3OC2=O)c1F. The fraction of sp³-hybridized carbons (Fsp3) is 0.150. The van der Waals surface area contributed by atoms with Crippen LogP contribution in [0.15, 0.2) is 48.7 Å². The number of nitrogens with one attached hydrogen (secondary N) is 2. The molecule has 0 bridgehead atoms. The third kappa shape index (κ3) is 4.84. The number of benzene rings is 2. The maximum atomic E-state index is 14.7. The number of hydrogen-bond donors (Lipinski definition) is 2. The number of aromatic nitrogens is 2. The van der Waals surface area contributed by atoms with Gasteiger partial charge in [0.05, 0.1) is 18.8 Å². The Hall–Kier alpha value is -3.44. The zero-order chi connectivity index (χ0) is 21.8. The minimum absolute atomic E-state index is 0.0223. The second-order valence-corrected chi connectivity index (χ2v) is 7.31. The van der Waals surface area contributed by atoms with Crippen molar-refractivity contribution in [3.8, 4) is 17.4 Å². The van der Waals surface area contributed by atoms with E-state index in [1.54, 1.807) is 37.4 Å². The van der Waals surface area contributed by atoms with Gasteiger partial charge >= 0.3 is 6.09 Å². The maximum Gasteiger partial charge on any atom is 0.415 e. The molecule has 1 aliphatic rings. The number of nitrogens with zero attached hydrogens (tertiary/aromatic N) is 3. The van der Waals surface area contributed by atoms with Gasteiger partial charge in [0.25, 0.3) is 0 Å². The molecule has 1 aromatic heterocycles. The number of amides is 1. The molecule has 4 rings (SSSR count). The standard InChI is InChI=1S/C20H17F2N5O3S/c1-23-31-26-16-8-14(21)7-13(19(16)22)11-27-10-12-4-5-15(9-17(12)30-20(27)28)29-18-3-2-6-24-25-18/h2-9,23,26H,10-11H2,1H3. The Labute approximate surface area is 180 Å². The zero-order valence-electron chi connectivity index (χ0n) is 16.3. The summed E-state index contributed by atoms with van der Waals surface area (Å²) >= 11 is 1.000. The van der Waals surface area contributed by atoms with Crippen LogP contribution >= 0.6 is 12.1 Å². The molecule has 0 aliphatic carbocycles. The van der Waals surface area contributed by atoms with Crippen LogP contribution in [-0.2, 0) is 13.1 Å². The molecule has 0 unspecified atom stereocenters. The second-order valence-electron chi connectivity index (χ2n) is 6.49. The number of halogens is 2. The van der Waals surface area contributed by atoms with Gasteiger partial charge in [-0.05, 0) is 31.3 Å². The van der Waals surface area contributed by atoms with Crippen molar-refractivity contribution in [3.63, 3.8) is 0 Å². The van der Waals surface area contributed by atoms with Crippen LogP contribution in [0, 0.1) is 11.6 Å². The maximum absolute atomic E-state index is 14.7. The molecule has 0 fully saturated rings. The summed E-state index contributed by atoms with van der Waals surface area (Å²) in [6.45, 7) is 0.0161. The molecule has 0 atom stereocenters. The molecule has 11 heteroatoms. The van der Waals surface area contributed by atoms with Crippen LogP contribution in [-0.4, -0.2) is 28.2 Å². The molecule has 2 aromatic carbocycles. The molecule has 2 heterocycles. The minimum atomic E-state index is -0.674. The molecule has 1 aliphatic heterocycles. The van der Waals surface area contributed by atoms with Crippen molar-refractivity contribution >= 4 is 23.9 Å². The minimum Gasteiger partial charge on any atom is -0.437 e. The molecule has 2 N–H and O–H groups in total. The third-order valence-electron chi connectivity index (χ3n) is 4.36. The van der Waals surface area contributed by atoms with E-state index >= 15 is 0 Å². The molecule has 1 amide bonds. The van der Waals surface area contributed by atoms with Gasteiger partial charge in [-0.2, -0.15) is 5.10 Å². The van der Waals surface area contributed by atoms with Crippen LogP contribution in [0.4, 0.5) is 19.3 Å². The van der Waals surface area contributed by atoms with Gasteiger partial charge in [-0.15, -0.1) is 5.10 Å². The van der Waals surface area contributed by atoms with E-state index in [4.69, 9.17) is 9.47 Å². The Kier molecular flexibility index (Phi) is 6.14. The number of rotatable bonds is 7. The Balaban J connectivity index is 1.51. The van der Waals surface area contributed by atoms with Gasteiger partial charge in [-0.25, -0.2) is 18.3 Å². The van der Waals surface area contributed by atoms with Crippen molar-refractivity contribution in [2.45, 2.75) is 13.1 Å². The molecule has 8 nitrogen and oxygen atoms in total. The summed E-state index contributed by atoms with van der Waals surface area (Å²) in [6, 6.07) is 10.4. The molecular formula is C20H17F2N5O3S. The topological polar surface area (TPSA) is 88.6 Å². The number of ether oxygens (including phenoxy) is 2. The first-order valence-electron chi connectivity index (χ1n) is 9.15. The fourth-order valence-electron chi connectivity index (χ4n) is 2.98. The van der Waals surface area contributed by atoms with E-state index in [0.717, 1.165) is 24.3 Å². The monoisotopic (exact) mass is 445 g/mol. The summed E-state index contributed by atoms with van der Waals surface area (Å²) in [6.07, 6.45) is 0.850. The van der Waals surface area contributed by atoms with E-state index in [1.165, 1.54) is 11.1 Å². The van der Waals surface area contributed by atoms with Gasteiger partial charge in [0.2, 0.25) is 5.88 Å². The van der Waals surface area contributed by atoms with Crippen LogP contribution in [0.2, 0.25) is 0 Å². The average Bonchev–Trinajstić information content (AvgIpc) is 2.76. The summed E-state index contributed by atoms with van der Waals surface area (Å²) in [7, 11) is 1.64. The first-order valence-corrected chi connectivity index (χ1v) is 9.97. The Morgan fingerprint density at radius 1 is 1.26 bits per heavy atom. The van der Waals surface area contributed by atoms with E-state index in [9.17, 15) is 13.6 Å².